The van der Waals surface area contributed by atoms with Gasteiger partial charge in [0.25, 0.3) is 0 Å². The number of piperidine rings is 1. The van der Waals surface area contributed by atoms with Crippen molar-refractivity contribution in [3.05, 3.63) is 11.7 Å². The molecule has 0 aliphatic carbocycles. The molecule has 0 aromatic carbocycles. The van der Waals surface area contributed by atoms with Crippen LogP contribution in [0.2, 0.25) is 0 Å². The van der Waals surface area contributed by atoms with E-state index in [9.17, 15) is 0 Å². The zero-order valence-corrected chi connectivity index (χ0v) is 12.3. The average molecular weight is 279 g/mol. The molecule has 2 fully saturated rings. The third-order valence-corrected chi connectivity index (χ3v) is 4.52. The first-order chi connectivity index (χ1) is 9.74. The molecule has 0 bridgehead atoms. The third kappa shape index (κ3) is 3.19. The molecule has 6 heteroatoms. The van der Waals surface area contributed by atoms with Gasteiger partial charge in [0, 0.05) is 31.6 Å². The predicted octanol–water partition coefficient (Wildman–Crippen LogP) is 0.629. The van der Waals surface area contributed by atoms with Crippen molar-refractivity contribution in [3.63, 3.8) is 0 Å². The SMILES string of the molecule is CCc1nc(CN2CCC(N3CCC(N)CC3)C2)no1. The maximum Gasteiger partial charge on any atom is 0.226 e. The quantitative estimate of drug-likeness (QED) is 0.871. The summed E-state index contributed by atoms with van der Waals surface area (Å²) in [5.41, 5.74) is 5.98. The Morgan fingerprint density at radius 3 is 2.75 bits per heavy atom. The zero-order chi connectivity index (χ0) is 13.9. The smallest absolute Gasteiger partial charge is 0.226 e. The highest BCUT2D eigenvalue weighted by Crippen LogP contribution is 2.20. The Hall–Kier alpha value is -0.980. The van der Waals surface area contributed by atoms with Crippen LogP contribution in [-0.2, 0) is 13.0 Å². The van der Waals surface area contributed by atoms with Crippen LogP contribution < -0.4 is 5.73 Å². The largest absolute Gasteiger partial charge is 0.339 e. The van der Waals surface area contributed by atoms with Crippen LogP contribution in [0.25, 0.3) is 0 Å². The van der Waals surface area contributed by atoms with Gasteiger partial charge in [-0.05, 0) is 32.4 Å². The summed E-state index contributed by atoms with van der Waals surface area (Å²) in [6, 6.07) is 1.09. The lowest BCUT2D eigenvalue weighted by Gasteiger charge is -2.34. The topological polar surface area (TPSA) is 71.4 Å². The van der Waals surface area contributed by atoms with Crippen molar-refractivity contribution >= 4 is 0 Å². The van der Waals surface area contributed by atoms with Crippen LogP contribution in [0.5, 0.6) is 0 Å². The molecule has 2 aliphatic heterocycles. The van der Waals surface area contributed by atoms with Gasteiger partial charge in [0.1, 0.15) is 0 Å². The van der Waals surface area contributed by atoms with Crippen molar-refractivity contribution in [3.8, 4) is 0 Å². The second-order valence-electron chi connectivity index (χ2n) is 6.01. The molecular weight excluding hydrogens is 254 g/mol. The lowest BCUT2D eigenvalue weighted by molar-refractivity contribution is 0.151. The first kappa shape index (κ1) is 14.0. The van der Waals surface area contributed by atoms with E-state index in [0.717, 1.165) is 63.7 Å². The number of likely N-dealkylation sites (tertiary alicyclic amines) is 2. The van der Waals surface area contributed by atoms with E-state index in [0.29, 0.717) is 12.1 Å². The molecule has 1 unspecified atom stereocenters. The highest BCUT2D eigenvalue weighted by atomic mass is 16.5. The molecular formula is C14H25N5O. The zero-order valence-electron chi connectivity index (χ0n) is 12.3. The molecule has 2 N–H and O–H groups in total. The molecule has 0 spiro atoms. The number of aryl methyl sites for hydroxylation is 1. The summed E-state index contributed by atoms with van der Waals surface area (Å²) in [6.45, 7) is 7.40. The summed E-state index contributed by atoms with van der Waals surface area (Å²) in [5, 5.41) is 4.04. The van der Waals surface area contributed by atoms with E-state index in [1.165, 1.54) is 6.42 Å². The fourth-order valence-electron chi connectivity index (χ4n) is 3.24. The standard InChI is InChI=1S/C14H25N5O/c1-2-14-16-13(17-20-14)10-18-6-5-12(9-18)19-7-3-11(15)4-8-19/h11-12H,2-10,15H2,1H3. The highest BCUT2D eigenvalue weighted by molar-refractivity contribution is 4.91. The van der Waals surface area contributed by atoms with Crippen molar-refractivity contribution in [1.29, 1.82) is 0 Å². The van der Waals surface area contributed by atoms with Crippen molar-refractivity contribution in [2.24, 2.45) is 5.73 Å². The van der Waals surface area contributed by atoms with E-state index >= 15 is 0 Å². The van der Waals surface area contributed by atoms with E-state index in [1.807, 2.05) is 6.92 Å². The Balaban J connectivity index is 1.49. The van der Waals surface area contributed by atoms with Gasteiger partial charge in [0.15, 0.2) is 5.82 Å². The van der Waals surface area contributed by atoms with E-state index in [4.69, 9.17) is 10.3 Å². The molecule has 1 aromatic rings. The van der Waals surface area contributed by atoms with Crippen molar-refractivity contribution < 1.29 is 4.52 Å². The van der Waals surface area contributed by atoms with E-state index < -0.39 is 0 Å². The first-order valence-corrected chi connectivity index (χ1v) is 7.78. The molecule has 20 heavy (non-hydrogen) atoms. The Bertz CT molecular complexity index is 427. The summed E-state index contributed by atoms with van der Waals surface area (Å²) in [7, 11) is 0. The second kappa shape index (κ2) is 6.20. The number of hydrogen-bond acceptors (Lipinski definition) is 6. The number of nitrogens with two attached hydrogens (primary N) is 1. The van der Waals surface area contributed by atoms with Crippen LogP contribution in [-0.4, -0.2) is 58.2 Å². The van der Waals surface area contributed by atoms with Crippen LogP contribution in [0, 0.1) is 0 Å². The van der Waals surface area contributed by atoms with Crippen LogP contribution in [0.15, 0.2) is 4.52 Å². The minimum absolute atomic E-state index is 0.413. The fraction of sp³-hybridized carbons (Fsp3) is 0.857. The Kier molecular flexibility index (Phi) is 4.33. The van der Waals surface area contributed by atoms with Crippen molar-refractivity contribution in [2.75, 3.05) is 26.2 Å². The monoisotopic (exact) mass is 279 g/mol. The summed E-state index contributed by atoms with van der Waals surface area (Å²) in [6.07, 6.45) is 4.33. The number of aromatic nitrogens is 2. The molecule has 3 heterocycles. The van der Waals surface area contributed by atoms with Crippen LogP contribution >= 0.6 is 0 Å². The molecule has 112 valence electrons. The van der Waals surface area contributed by atoms with Crippen LogP contribution in [0.4, 0.5) is 0 Å². The highest BCUT2D eigenvalue weighted by Gasteiger charge is 2.30. The molecule has 0 saturated carbocycles. The molecule has 1 atom stereocenters. The van der Waals surface area contributed by atoms with Gasteiger partial charge in [-0.15, -0.1) is 0 Å². The van der Waals surface area contributed by atoms with Gasteiger partial charge >= 0.3 is 0 Å². The minimum atomic E-state index is 0.413. The van der Waals surface area contributed by atoms with Gasteiger partial charge in [0.2, 0.25) is 5.89 Å². The maximum absolute atomic E-state index is 5.98. The number of rotatable bonds is 4. The number of nitrogens with zero attached hydrogens (tertiary/aromatic N) is 4. The fourth-order valence-corrected chi connectivity index (χ4v) is 3.24. The van der Waals surface area contributed by atoms with Crippen molar-refractivity contribution in [1.82, 2.24) is 19.9 Å². The summed E-state index contributed by atoms with van der Waals surface area (Å²) >= 11 is 0. The Labute approximate surface area is 120 Å². The summed E-state index contributed by atoms with van der Waals surface area (Å²) in [5.74, 6) is 1.56. The van der Waals surface area contributed by atoms with Gasteiger partial charge in [0.05, 0.1) is 6.54 Å². The lowest BCUT2D eigenvalue weighted by atomic mass is 10.0. The molecule has 0 amide bonds. The lowest BCUT2D eigenvalue weighted by Crippen LogP contribution is -2.46. The minimum Gasteiger partial charge on any atom is -0.339 e. The molecule has 3 rings (SSSR count). The molecule has 0 radical (unpaired) electrons. The molecule has 2 saturated heterocycles. The second-order valence-corrected chi connectivity index (χ2v) is 6.01. The number of hydrogen-bond donors (Lipinski definition) is 1. The predicted molar refractivity (Wildman–Crippen MR) is 76.1 cm³/mol. The van der Waals surface area contributed by atoms with Crippen LogP contribution in [0.1, 0.15) is 37.9 Å². The Morgan fingerprint density at radius 1 is 1.25 bits per heavy atom. The average Bonchev–Trinajstić information content (AvgIpc) is 3.09. The van der Waals surface area contributed by atoms with E-state index in [1.54, 1.807) is 0 Å². The molecule has 2 aliphatic rings. The molecule has 1 aromatic heterocycles. The van der Waals surface area contributed by atoms with Crippen LogP contribution in [0.3, 0.4) is 0 Å². The maximum atomic E-state index is 5.98. The Morgan fingerprint density at radius 2 is 2.05 bits per heavy atom. The summed E-state index contributed by atoms with van der Waals surface area (Å²) in [4.78, 5) is 9.43. The van der Waals surface area contributed by atoms with E-state index in [-0.39, 0.29) is 0 Å². The van der Waals surface area contributed by atoms with Gasteiger partial charge < -0.3 is 10.3 Å². The van der Waals surface area contributed by atoms with E-state index in [2.05, 4.69) is 19.9 Å². The van der Waals surface area contributed by atoms with Gasteiger partial charge in [-0.1, -0.05) is 12.1 Å². The van der Waals surface area contributed by atoms with Gasteiger partial charge in [-0.2, -0.15) is 4.98 Å². The first-order valence-electron chi connectivity index (χ1n) is 7.78. The normalized spacial score (nSPS) is 26.4. The third-order valence-electron chi connectivity index (χ3n) is 4.52. The summed E-state index contributed by atoms with van der Waals surface area (Å²) < 4.78 is 5.17. The van der Waals surface area contributed by atoms with Gasteiger partial charge in [-0.25, -0.2) is 0 Å². The van der Waals surface area contributed by atoms with Crippen molar-refractivity contribution in [2.45, 2.75) is 51.2 Å². The molecule has 6 nitrogen and oxygen atoms in total. The van der Waals surface area contributed by atoms with Gasteiger partial charge in [-0.3, -0.25) is 9.80 Å².